The molecule has 0 unspecified atom stereocenters. The SMILES string of the molecule is NCCCCc1c(-c2ccc(Br)c3cccnc23)[nH]c2ccc(C(F)(F)F)cc12. The van der Waals surface area contributed by atoms with Crippen LogP contribution in [0, 0.1) is 0 Å². The van der Waals surface area contributed by atoms with Gasteiger partial charge in [-0.3, -0.25) is 4.98 Å². The van der Waals surface area contributed by atoms with Crippen molar-refractivity contribution in [3.63, 3.8) is 0 Å². The van der Waals surface area contributed by atoms with Gasteiger partial charge in [-0.1, -0.05) is 22.0 Å². The third kappa shape index (κ3) is 3.76. The molecule has 0 aliphatic rings. The van der Waals surface area contributed by atoms with Crippen LogP contribution < -0.4 is 5.73 Å². The Bertz CT molecular complexity index is 1180. The number of nitrogens with zero attached hydrogens (tertiary/aromatic N) is 1. The van der Waals surface area contributed by atoms with Crippen molar-refractivity contribution in [1.29, 1.82) is 0 Å². The van der Waals surface area contributed by atoms with Crippen LogP contribution in [0.1, 0.15) is 24.0 Å². The van der Waals surface area contributed by atoms with Gasteiger partial charge in [0.1, 0.15) is 0 Å². The van der Waals surface area contributed by atoms with Crippen LogP contribution in [0.3, 0.4) is 0 Å². The maximum atomic E-state index is 13.3. The summed E-state index contributed by atoms with van der Waals surface area (Å²) in [5.41, 5.74) is 9.02. The molecular weight excluding hydrogens is 443 g/mol. The molecule has 0 spiro atoms. The molecule has 4 aromatic rings. The Kier molecular flexibility index (Phi) is 5.36. The predicted molar refractivity (Wildman–Crippen MR) is 114 cm³/mol. The zero-order valence-electron chi connectivity index (χ0n) is 15.5. The van der Waals surface area contributed by atoms with Crippen molar-refractivity contribution in [2.24, 2.45) is 5.73 Å². The highest BCUT2D eigenvalue weighted by Crippen LogP contribution is 2.39. The number of benzene rings is 2. The third-order valence-electron chi connectivity index (χ3n) is 5.10. The lowest BCUT2D eigenvalue weighted by molar-refractivity contribution is -0.137. The molecule has 0 aliphatic carbocycles. The molecule has 0 bridgehead atoms. The zero-order chi connectivity index (χ0) is 20.6. The summed E-state index contributed by atoms with van der Waals surface area (Å²) in [7, 11) is 0. The second-order valence-electron chi connectivity index (χ2n) is 6.98. The topological polar surface area (TPSA) is 54.7 Å². The van der Waals surface area contributed by atoms with E-state index in [1.165, 1.54) is 12.1 Å². The van der Waals surface area contributed by atoms with Crippen LogP contribution in [0.2, 0.25) is 0 Å². The molecule has 3 nitrogen and oxygen atoms in total. The van der Waals surface area contributed by atoms with Gasteiger partial charge in [0.15, 0.2) is 0 Å². The number of halogens is 4. The molecule has 0 atom stereocenters. The number of hydrogen-bond donors (Lipinski definition) is 2. The molecule has 0 radical (unpaired) electrons. The van der Waals surface area contributed by atoms with E-state index >= 15 is 0 Å². The average Bonchev–Trinajstić information content (AvgIpc) is 3.06. The summed E-state index contributed by atoms with van der Waals surface area (Å²) in [5, 5.41) is 1.55. The zero-order valence-corrected chi connectivity index (χ0v) is 17.1. The van der Waals surface area contributed by atoms with Crippen LogP contribution in [0.5, 0.6) is 0 Å². The van der Waals surface area contributed by atoms with E-state index in [0.29, 0.717) is 23.9 Å². The molecule has 3 N–H and O–H groups in total. The molecular formula is C22H19BrF3N3. The number of alkyl halides is 3. The summed E-state index contributed by atoms with van der Waals surface area (Å²) in [6.07, 6.45) is -0.417. The Morgan fingerprint density at radius 2 is 1.86 bits per heavy atom. The molecule has 0 fully saturated rings. The van der Waals surface area contributed by atoms with Crippen molar-refractivity contribution in [1.82, 2.24) is 9.97 Å². The maximum absolute atomic E-state index is 13.3. The van der Waals surface area contributed by atoms with Gasteiger partial charge in [0, 0.05) is 32.5 Å². The molecule has 2 aromatic carbocycles. The van der Waals surface area contributed by atoms with Gasteiger partial charge in [-0.25, -0.2) is 0 Å². The van der Waals surface area contributed by atoms with Gasteiger partial charge in [0.25, 0.3) is 0 Å². The van der Waals surface area contributed by atoms with Gasteiger partial charge in [0.05, 0.1) is 16.8 Å². The Hall–Kier alpha value is -2.38. The van der Waals surface area contributed by atoms with Gasteiger partial charge >= 0.3 is 6.18 Å². The number of rotatable bonds is 5. The van der Waals surface area contributed by atoms with Gasteiger partial charge in [-0.2, -0.15) is 13.2 Å². The van der Waals surface area contributed by atoms with E-state index in [-0.39, 0.29) is 0 Å². The highest BCUT2D eigenvalue weighted by Gasteiger charge is 2.31. The summed E-state index contributed by atoms with van der Waals surface area (Å²) in [5.74, 6) is 0. The fourth-order valence-corrected chi connectivity index (χ4v) is 4.15. The Morgan fingerprint density at radius 1 is 1.03 bits per heavy atom. The molecule has 7 heteroatoms. The largest absolute Gasteiger partial charge is 0.416 e. The highest BCUT2D eigenvalue weighted by molar-refractivity contribution is 9.10. The Balaban J connectivity index is 1.97. The summed E-state index contributed by atoms with van der Waals surface area (Å²) in [6, 6.07) is 11.6. The van der Waals surface area contributed by atoms with Gasteiger partial charge < -0.3 is 10.7 Å². The van der Waals surface area contributed by atoms with Gasteiger partial charge in [-0.05, 0) is 67.8 Å². The quantitative estimate of drug-likeness (QED) is 0.335. The van der Waals surface area contributed by atoms with Crippen molar-refractivity contribution < 1.29 is 13.2 Å². The lowest BCUT2D eigenvalue weighted by atomic mass is 9.98. The fraction of sp³-hybridized carbons (Fsp3) is 0.227. The first-order valence-electron chi connectivity index (χ1n) is 9.35. The number of pyridine rings is 1. The van der Waals surface area contributed by atoms with Crippen LogP contribution in [0.25, 0.3) is 33.1 Å². The van der Waals surface area contributed by atoms with Crippen molar-refractivity contribution >= 4 is 37.7 Å². The molecule has 2 aromatic heterocycles. The standard InChI is InChI=1S/C22H19BrF3N3/c23-18-8-7-16(20-15(18)5-3-11-28-20)21-14(4-1-2-10-27)17-12-13(22(24,25)26)6-9-19(17)29-21/h3,5-9,11-12,29H,1-2,4,10,27H2. The number of nitrogens with one attached hydrogen (secondary N) is 1. The van der Waals surface area contributed by atoms with Crippen LogP contribution >= 0.6 is 15.9 Å². The number of nitrogens with two attached hydrogens (primary N) is 1. The van der Waals surface area contributed by atoms with Crippen LogP contribution in [0.4, 0.5) is 13.2 Å². The van der Waals surface area contributed by atoms with Crippen LogP contribution in [-0.2, 0) is 12.6 Å². The molecule has 29 heavy (non-hydrogen) atoms. The summed E-state index contributed by atoms with van der Waals surface area (Å²) in [4.78, 5) is 7.88. The van der Waals surface area contributed by atoms with E-state index in [1.807, 2.05) is 24.3 Å². The van der Waals surface area contributed by atoms with E-state index in [1.54, 1.807) is 6.20 Å². The lowest BCUT2D eigenvalue weighted by Gasteiger charge is -2.10. The highest BCUT2D eigenvalue weighted by atomic mass is 79.9. The molecule has 0 aliphatic heterocycles. The molecule has 2 heterocycles. The second kappa shape index (κ2) is 7.80. The van der Waals surface area contributed by atoms with Gasteiger partial charge in [-0.15, -0.1) is 0 Å². The number of fused-ring (bicyclic) bond motifs is 2. The minimum absolute atomic E-state index is 0.550. The number of H-pyrrole nitrogens is 1. The number of aromatic amines is 1. The second-order valence-corrected chi connectivity index (χ2v) is 7.83. The smallest absolute Gasteiger partial charge is 0.354 e. The van der Waals surface area contributed by atoms with Crippen molar-refractivity contribution in [2.45, 2.75) is 25.4 Å². The average molecular weight is 462 g/mol. The third-order valence-corrected chi connectivity index (χ3v) is 5.79. The van der Waals surface area contributed by atoms with Gasteiger partial charge in [0.2, 0.25) is 0 Å². The summed E-state index contributed by atoms with van der Waals surface area (Å²) in [6.45, 7) is 0.550. The first-order valence-corrected chi connectivity index (χ1v) is 10.1. The molecule has 4 rings (SSSR count). The van der Waals surface area contributed by atoms with E-state index < -0.39 is 11.7 Å². The minimum atomic E-state index is -4.38. The van der Waals surface area contributed by atoms with E-state index in [4.69, 9.17) is 5.73 Å². The maximum Gasteiger partial charge on any atom is 0.416 e. The lowest BCUT2D eigenvalue weighted by Crippen LogP contribution is -2.04. The van der Waals surface area contributed by atoms with E-state index in [9.17, 15) is 13.2 Å². The number of aryl methyl sites for hydroxylation is 1. The minimum Gasteiger partial charge on any atom is -0.354 e. The molecule has 0 amide bonds. The van der Waals surface area contributed by atoms with E-state index in [2.05, 4.69) is 25.9 Å². The van der Waals surface area contributed by atoms with Crippen LogP contribution in [0.15, 0.2) is 53.1 Å². The summed E-state index contributed by atoms with van der Waals surface area (Å²) < 4.78 is 40.8. The fourth-order valence-electron chi connectivity index (χ4n) is 3.70. The van der Waals surface area contributed by atoms with Crippen molar-refractivity contribution in [3.8, 4) is 11.3 Å². The van der Waals surface area contributed by atoms with E-state index in [0.717, 1.165) is 51.1 Å². The Morgan fingerprint density at radius 3 is 2.62 bits per heavy atom. The monoisotopic (exact) mass is 461 g/mol. The van der Waals surface area contributed by atoms with Crippen LogP contribution in [-0.4, -0.2) is 16.5 Å². The Labute approximate surface area is 174 Å². The predicted octanol–water partition coefficient (Wildman–Crippen LogP) is 6.45. The van der Waals surface area contributed by atoms with Crippen molar-refractivity contribution in [2.75, 3.05) is 6.54 Å². The number of aromatic nitrogens is 2. The molecule has 150 valence electrons. The normalized spacial score (nSPS) is 12.2. The first-order chi connectivity index (χ1) is 13.9. The molecule has 0 saturated carbocycles. The van der Waals surface area contributed by atoms with Crippen molar-refractivity contribution in [3.05, 3.63) is 64.3 Å². The summed E-state index contributed by atoms with van der Waals surface area (Å²) >= 11 is 3.55. The number of unbranched alkanes of at least 4 members (excludes halogenated alkanes) is 1. The number of hydrogen-bond acceptors (Lipinski definition) is 2. The molecule has 0 saturated heterocycles. The first kappa shape index (κ1) is 19.9.